The number of fused-ring (bicyclic) bond motifs is 1. The molecule has 0 bridgehead atoms. The molecule has 0 spiro atoms. The molecule has 0 saturated carbocycles. The van der Waals surface area contributed by atoms with E-state index in [4.69, 9.17) is 10.5 Å². The number of anilines is 1. The molecule has 15 heavy (non-hydrogen) atoms. The lowest BCUT2D eigenvalue weighted by atomic mass is 10.1. The second-order valence-electron chi connectivity index (χ2n) is 4.04. The van der Waals surface area contributed by atoms with Gasteiger partial charge in [0.05, 0.1) is 11.2 Å². The Morgan fingerprint density at radius 3 is 2.73 bits per heavy atom. The Hall–Kier alpha value is -1.55. The van der Waals surface area contributed by atoms with E-state index in [-0.39, 0.29) is 0 Å². The number of nitrogens with zero attached hydrogens (tertiary/aromatic N) is 1. The molecular formula is C11H15N3O. The fourth-order valence-corrected chi connectivity index (χ4v) is 1.44. The second-order valence-corrected chi connectivity index (χ2v) is 4.04. The van der Waals surface area contributed by atoms with E-state index in [2.05, 4.69) is 9.97 Å². The topological polar surface area (TPSA) is 63.9 Å². The molecule has 80 valence electrons. The summed E-state index contributed by atoms with van der Waals surface area (Å²) in [6.07, 6.45) is 0. The number of nitrogen functional groups attached to an aromatic ring is 1. The van der Waals surface area contributed by atoms with Crippen molar-refractivity contribution in [2.75, 3.05) is 12.8 Å². The van der Waals surface area contributed by atoms with E-state index in [9.17, 15) is 0 Å². The Morgan fingerprint density at radius 1 is 1.40 bits per heavy atom. The van der Waals surface area contributed by atoms with Gasteiger partial charge in [-0.25, -0.2) is 4.98 Å². The highest BCUT2D eigenvalue weighted by molar-refractivity contribution is 5.86. The number of benzene rings is 1. The minimum absolute atomic E-state index is 0.425. The van der Waals surface area contributed by atoms with Gasteiger partial charge in [0.15, 0.2) is 0 Å². The van der Waals surface area contributed by atoms with Gasteiger partial charge in [0.25, 0.3) is 0 Å². The fraction of sp³-hybridized carbons (Fsp3) is 0.364. The third kappa shape index (κ3) is 1.57. The summed E-state index contributed by atoms with van der Waals surface area (Å²) in [5, 5.41) is 0. The highest BCUT2D eigenvalue weighted by Gasteiger charge is 2.23. The predicted octanol–water partition coefficient (Wildman–Crippen LogP) is 2.03. The van der Waals surface area contributed by atoms with Crippen molar-refractivity contribution in [2.24, 2.45) is 0 Å². The van der Waals surface area contributed by atoms with Crippen LogP contribution in [-0.2, 0) is 10.3 Å². The molecule has 1 aromatic carbocycles. The molecule has 1 heterocycles. The van der Waals surface area contributed by atoms with Crippen LogP contribution in [0, 0.1) is 0 Å². The molecule has 3 N–H and O–H groups in total. The van der Waals surface area contributed by atoms with Crippen LogP contribution in [0.2, 0.25) is 0 Å². The number of para-hydroxylation sites is 1. The Morgan fingerprint density at radius 2 is 2.13 bits per heavy atom. The molecule has 2 aromatic rings. The molecular weight excluding hydrogens is 190 g/mol. The van der Waals surface area contributed by atoms with Crippen LogP contribution in [0.3, 0.4) is 0 Å². The van der Waals surface area contributed by atoms with E-state index in [1.165, 1.54) is 0 Å². The lowest BCUT2D eigenvalue weighted by Gasteiger charge is -2.19. The van der Waals surface area contributed by atoms with Crippen LogP contribution < -0.4 is 5.73 Å². The van der Waals surface area contributed by atoms with Gasteiger partial charge in [-0.15, -0.1) is 0 Å². The molecule has 0 atom stereocenters. The van der Waals surface area contributed by atoms with Crippen molar-refractivity contribution in [3.63, 3.8) is 0 Å². The van der Waals surface area contributed by atoms with Gasteiger partial charge < -0.3 is 15.5 Å². The maximum Gasteiger partial charge on any atom is 0.139 e. The molecule has 0 radical (unpaired) electrons. The van der Waals surface area contributed by atoms with E-state index in [0.717, 1.165) is 16.9 Å². The molecule has 0 unspecified atom stereocenters. The van der Waals surface area contributed by atoms with E-state index in [0.29, 0.717) is 5.69 Å². The first-order valence-corrected chi connectivity index (χ1v) is 4.84. The summed E-state index contributed by atoms with van der Waals surface area (Å²) >= 11 is 0. The third-order valence-corrected chi connectivity index (χ3v) is 2.62. The number of nitrogens with two attached hydrogens (primary N) is 1. The number of imidazole rings is 1. The summed E-state index contributed by atoms with van der Waals surface area (Å²) in [6, 6.07) is 5.69. The number of nitrogens with one attached hydrogen (secondary N) is 1. The molecule has 1 aromatic heterocycles. The molecule has 2 rings (SSSR count). The lowest BCUT2D eigenvalue weighted by Crippen LogP contribution is -2.21. The number of aromatic amines is 1. The minimum Gasteiger partial charge on any atom is -0.397 e. The Kier molecular flexibility index (Phi) is 2.16. The lowest BCUT2D eigenvalue weighted by molar-refractivity contribution is 0.0124. The van der Waals surface area contributed by atoms with E-state index in [1.54, 1.807) is 7.11 Å². The first-order chi connectivity index (χ1) is 7.04. The number of rotatable bonds is 2. The predicted molar refractivity (Wildman–Crippen MR) is 60.5 cm³/mol. The number of aromatic nitrogens is 2. The SMILES string of the molecule is COC(C)(C)c1nc2c(N)cccc2[nH]1. The smallest absolute Gasteiger partial charge is 0.139 e. The van der Waals surface area contributed by atoms with Crippen molar-refractivity contribution in [3.05, 3.63) is 24.0 Å². The third-order valence-electron chi connectivity index (χ3n) is 2.62. The fourth-order valence-electron chi connectivity index (χ4n) is 1.44. The van der Waals surface area contributed by atoms with Crippen molar-refractivity contribution in [1.82, 2.24) is 9.97 Å². The maximum absolute atomic E-state index is 5.83. The van der Waals surface area contributed by atoms with Crippen LogP contribution >= 0.6 is 0 Å². The summed E-state index contributed by atoms with van der Waals surface area (Å²) in [5.74, 6) is 0.790. The van der Waals surface area contributed by atoms with Crippen molar-refractivity contribution in [1.29, 1.82) is 0 Å². The van der Waals surface area contributed by atoms with Gasteiger partial charge in [-0.05, 0) is 26.0 Å². The molecule has 0 fully saturated rings. The number of methoxy groups -OCH3 is 1. The Labute approximate surface area is 88.5 Å². The van der Waals surface area contributed by atoms with Crippen LogP contribution in [0.15, 0.2) is 18.2 Å². The molecule has 0 aliphatic carbocycles. The van der Waals surface area contributed by atoms with E-state index in [1.807, 2.05) is 32.0 Å². The summed E-state index contributed by atoms with van der Waals surface area (Å²) in [5.41, 5.74) is 7.83. The van der Waals surface area contributed by atoms with Crippen LogP contribution in [0.1, 0.15) is 19.7 Å². The Balaban J connectivity index is 2.62. The first kappa shape index (κ1) is 9.98. The van der Waals surface area contributed by atoms with Gasteiger partial charge in [-0.2, -0.15) is 0 Å². The van der Waals surface area contributed by atoms with Gasteiger partial charge >= 0.3 is 0 Å². The maximum atomic E-state index is 5.83. The normalized spacial score (nSPS) is 12.2. The van der Waals surface area contributed by atoms with Gasteiger partial charge in [0.2, 0.25) is 0 Å². The van der Waals surface area contributed by atoms with Crippen LogP contribution in [-0.4, -0.2) is 17.1 Å². The molecule has 0 aliphatic rings. The van der Waals surface area contributed by atoms with Crippen molar-refractivity contribution in [3.8, 4) is 0 Å². The number of hydrogen-bond donors (Lipinski definition) is 2. The second kappa shape index (κ2) is 3.24. The number of hydrogen-bond acceptors (Lipinski definition) is 3. The molecule has 0 amide bonds. The summed E-state index contributed by atoms with van der Waals surface area (Å²) < 4.78 is 5.36. The van der Waals surface area contributed by atoms with E-state index >= 15 is 0 Å². The van der Waals surface area contributed by atoms with Crippen LogP contribution in [0.25, 0.3) is 11.0 Å². The zero-order valence-electron chi connectivity index (χ0n) is 9.16. The average molecular weight is 205 g/mol. The summed E-state index contributed by atoms with van der Waals surface area (Å²) in [4.78, 5) is 7.66. The van der Waals surface area contributed by atoms with Gasteiger partial charge in [-0.1, -0.05) is 6.07 Å². The monoisotopic (exact) mass is 205 g/mol. The summed E-state index contributed by atoms with van der Waals surface area (Å²) in [7, 11) is 1.66. The highest BCUT2D eigenvalue weighted by Crippen LogP contribution is 2.25. The van der Waals surface area contributed by atoms with E-state index < -0.39 is 5.60 Å². The first-order valence-electron chi connectivity index (χ1n) is 4.84. The summed E-state index contributed by atoms with van der Waals surface area (Å²) in [6.45, 7) is 3.92. The van der Waals surface area contributed by atoms with Crippen LogP contribution in [0.4, 0.5) is 5.69 Å². The van der Waals surface area contributed by atoms with Crippen molar-refractivity contribution < 1.29 is 4.74 Å². The minimum atomic E-state index is -0.425. The average Bonchev–Trinajstić information content (AvgIpc) is 2.64. The van der Waals surface area contributed by atoms with Crippen molar-refractivity contribution in [2.45, 2.75) is 19.4 Å². The quantitative estimate of drug-likeness (QED) is 0.737. The Bertz CT molecular complexity index is 488. The molecule has 0 saturated heterocycles. The molecule has 0 aliphatic heterocycles. The standard InChI is InChI=1S/C11H15N3O/c1-11(2,15-3)10-13-8-6-4-5-7(12)9(8)14-10/h4-6H,12H2,1-3H3,(H,13,14). The number of H-pyrrole nitrogens is 1. The highest BCUT2D eigenvalue weighted by atomic mass is 16.5. The number of ether oxygens (including phenoxy) is 1. The largest absolute Gasteiger partial charge is 0.397 e. The molecule has 4 heteroatoms. The van der Waals surface area contributed by atoms with Gasteiger partial charge in [0, 0.05) is 7.11 Å². The molecule has 4 nitrogen and oxygen atoms in total. The van der Waals surface area contributed by atoms with Crippen LogP contribution in [0.5, 0.6) is 0 Å². The van der Waals surface area contributed by atoms with Crippen molar-refractivity contribution >= 4 is 16.7 Å². The zero-order valence-corrected chi connectivity index (χ0v) is 9.16. The zero-order chi connectivity index (χ0) is 11.1. The van der Waals surface area contributed by atoms with Gasteiger partial charge in [0.1, 0.15) is 16.9 Å². The van der Waals surface area contributed by atoms with Gasteiger partial charge in [-0.3, -0.25) is 0 Å².